The molecule has 1 N–H and O–H groups in total. The van der Waals surface area contributed by atoms with Gasteiger partial charge in [-0.15, -0.1) is 0 Å². The van der Waals surface area contributed by atoms with Gasteiger partial charge < -0.3 is 4.74 Å². The first-order valence-corrected chi connectivity index (χ1v) is 8.85. The van der Waals surface area contributed by atoms with Crippen LogP contribution < -0.4 is 4.72 Å². The number of nitro benzene ring substituents is 1. The van der Waals surface area contributed by atoms with Gasteiger partial charge in [0.1, 0.15) is 0 Å². The molecule has 9 heteroatoms. The van der Waals surface area contributed by atoms with Crippen molar-refractivity contribution in [1.29, 1.82) is 0 Å². The van der Waals surface area contributed by atoms with Crippen LogP contribution in [0.4, 0.5) is 5.69 Å². The van der Waals surface area contributed by atoms with E-state index in [1.807, 2.05) is 0 Å². The molecule has 0 spiro atoms. The minimum atomic E-state index is -3.77. The van der Waals surface area contributed by atoms with E-state index < -0.39 is 14.9 Å². The average Bonchev–Trinajstić information content (AvgIpc) is 2.50. The number of nitrogens with zero attached hydrogens (tertiary/aromatic N) is 2. The van der Waals surface area contributed by atoms with E-state index >= 15 is 0 Å². The molecule has 0 saturated carbocycles. The normalized spacial score (nSPS) is 16.4. The van der Waals surface area contributed by atoms with Gasteiger partial charge in [-0.05, 0) is 25.5 Å². The lowest BCUT2D eigenvalue weighted by Crippen LogP contribution is -2.41. The number of nitro groups is 1. The molecule has 1 aliphatic rings. The Hall–Kier alpha value is -1.55. The third-order valence-electron chi connectivity index (χ3n) is 3.94. The summed E-state index contributed by atoms with van der Waals surface area (Å²) in [5.74, 6) is 0. The highest BCUT2D eigenvalue weighted by Crippen LogP contribution is 2.25. The number of ether oxygens (including phenoxy) is 1. The minimum absolute atomic E-state index is 0.0747. The van der Waals surface area contributed by atoms with Crippen LogP contribution in [0.3, 0.4) is 0 Å². The largest absolute Gasteiger partial charge is 0.379 e. The van der Waals surface area contributed by atoms with Crippen LogP contribution in [0.5, 0.6) is 0 Å². The zero-order chi connectivity index (χ0) is 17.0. The van der Waals surface area contributed by atoms with Crippen molar-refractivity contribution in [2.75, 3.05) is 39.4 Å². The van der Waals surface area contributed by atoms with E-state index in [0.29, 0.717) is 30.9 Å². The van der Waals surface area contributed by atoms with E-state index in [1.54, 1.807) is 13.8 Å². The highest BCUT2D eigenvalue weighted by atomic mass is 32.2. The van der Waals surface area contributed by atoms with E-state index in [1.165, 1.54) is 6.07 Å². The van der Waals surface area contributed by atoms with Crippen molar-refractivity contribution in [3.63, 3.8) is 0 Å². The molecule has 8 nitrogen and oxygen atoms in total. The molecular weight excluding hydrogens is 322 g/mol. The molecule has 1 heterocycles. The molecule has 1 fully saturated rings. The van der Waals surface area contributed by atoms with E-state index in [-0.39, 0.29) is 17.1 Å². The number of hydrogen-bond donors (Lipinski definition) is 1. The maximum atomic E-state index is 12.3. The monoisotopic (exact) mass is 343 g/mol. The summed E-state index contributed by atoms with van der Waals surface area (Å²) in [7, 11) is -3.77. The standard InChI is InChI=1S/C14H21N3O5S/c1-11-9-13(10-14(12(11)2)17(18)19)23(20,21)15-3-4-16-5-7-22-8-6-16/h9-10,15H,3-8H2,1-2H3. The van der Waals surface area contributed by atoms with Crippen molar-refractivity contribution in [2.45, 2.75) is 18.7 Å². The van der Waals surface area contributed by atoms with Gasteiger partial charge in [-0.1, -0.05) is 0 Å². The lowest BCUT2D eigenvalue weighted by Gasteiger charge is -2.26. The van der Waals surface area contributed by atoms with Crippen LogP contribution in [0.15, 0.2) is 17.0 Å². The van der Waals surface area contributed by atoms with Crippen LogP contribution in [0.2, 0.25) is 0 Å². The highest BCUT2D eigenvalue weighted by Gasteiger charge is 2.21. The van der Waals surface area contributed by atoms with Gasteiger partial charge in [0.05, 0.1) is 23.0 Å². The first-order valence-electron chi connectivity index (χ1n) is 7.36. The van der Waals surface area contributed by atoms with Gasteiger partial charge in [0.25, 0.3) is 5.69 Å². The molecule has 23 heavy (non-hydrogen) atoms. The Morgan fingerprint density at radius 1 is 1.30 bits per heavy atom. The fourth-order valence-electron chi connectivity index (χ4n) is 2.40. The van der Waals surface area contributed by atoms with Crippen LogP contribution in [0.25, 0.3) is 0 Å². The predicted octanol–water partition coefficient (Wildman–Crippen LogP) is 0.822. The van der Waals surface area contributed by atoms with E-state index in [2.05, 4.69) is 9.62 Å². The summed E-state index contributed by atoms with van der Waals surface area (Å²) in [6.45, 7) is 6.95. The topological polar surface area (TPSA) is 102 Å². The third kappa shape index (κ3) is 4.47. The van der Waals surface area contributed by atoms with Crippen molar-refractivity contribution in [2.24, 2.45) is 0 Å². The predicted molar refractivity (Wildman–Crippen MR) is 85.0 cm³/mol. The Labute approximate surface area is 135 Å². The van der Waals surface area contributed by atoms with Crippen LogP contribution in [0, 0.1) is 24.0 Å². The summed E-state index contributed by atoms with van der Waals surface area (Å²) >= 11 is 0. The summed E-state index contributed by atoms with van der Waals surface area (Å²) in [6, 6.07) is 2.57. The van der Waals surface area contributed by atoms with Gasteiger partial charge in [0, 0.05) is 37.8 Å². The summed E-state index contributed by atoms with van der Waals surface area (Å²) in [6.07, 6.45) is 0. The van der Waals surface area contributed by atoms with Crippen LogP contribution in [-0.4, -0.2) is 57.6 Å². The molecule has 128 valence electrons. The zero-order valence-electron chi connectivity index (χ0n) is 13.2. The van der Waals surface area contributed by atoms with E-state index in [4.69, 9.17) is 4.74 Å². The van der Waals surface area contributed by atoms with Crippen molar-refractivity contribution in [3.8, 4) is 0 Å². The fraction of sp³-hybridized carbons (Fsp3) is 0.571. The number of benzene rings is 1. The molecular formula is C14H21N3O5S. The van der Waals surface area contributed by atoms with Crippen molar-refractivity contribution in [3.05, 3.63) is 33.4 Å². The molecule has 0 aliphatic carbocycles. The highest BCUT2D eigenvalue weighted by molar-refractivity contribution is 7.89. The Morgan fingerprint density at radius 3 is 2.57 bits per heavy atom. The van der Waals surface area contributed by atoms with E-state index in [9.17, 15) is 18.5 Å². The van der Waals surface area contributed by atoms with Crippen LogP contribution in [-0.2, 0) is 14.8 Å². The fourth-order valence-corrected chi connectivity index (χ4v) is 3.52. The third-order valence-corrected chi connectivity index (χ3v) is 5.38. The van der Waals surface area contributed by atoms with Crippen molar-refractivity contribution in [1.82, 2.24) is 9.62 Å². The summed E-state index contributed by atoms with van der Waals surface area (Å²) in [5.41, 5.74) is 0.869. The molecule has 1 aliphatic heterocycles. The Balaban J connectivity index is 2.08. The van der Waals surface area contributed by atoms with Gasteiger partial charge in [-0.2, -0.15) is 0 Å². The molecule has 0 unspecified atom stereocenters. The molecule has 0 amide bonds. The van der Waals surface area contributed by atoms with E-state index in [0.717, 1.165) is 19.2 Å². The van der Waals surface area contributed by atoms with Crippen molar-refractivity contribution < 1.29 is 18.1 Å². The Kier molecular flexibility index (Phi) is 5.69. The smallest absolute Gasteiger partial charge is 0.273 e. The Bertz CT molecular complexity index is 684. The number of rotatable bonds is 6. The SMILES string of the molecule is Cc1cc(S(=O)(=O)NCCN2CCOCC2)cc([N+](=O)[O-])c1C. The maximum absolute atomic E-state index is 12.3. The summed E-state index contributed by atoms with van der Waals surface area (Å²) < 4.78 is 32.4. The van der Waals surface area contributed by atoms with Gasteiger partial charge >= 0.3 is 0 Å². The molecule has 1 aromatic carbocycles. The van der Waals surface area contributed by atoms with Gasteiger partial charge in [-0.3, -0.25) is 15.0 Å². The lowest BCUT2D eigenvalue weighted by molar-refractivity contribution is -0.385. The first-order chi connectivity index (χ1) is 10.8. The number of sulfonamides is 1. The molecule has 2 rings (SSSR count). The number of morpholine rings is 1. The first kappa shape index (κ1) is 17.8. The molecule has 1 aromatic rings. The molecule has 1 saturated heterocycles. The maximum Gasteiger partial charge on any atom is 0.273 e. The van der Waals surface area contributed by atoms with Crippen LogP contribution >= 0.6 is 0 Å². The van der Waals surface area contributed by atoms with Gasteiger partial charge in [-0.25, -0.2) is 13.1 Å². The molecule has 0 aromatic heterocycles. The summed E-state index contributed by atoms with van der Waals surface area (Å²) in [5, 5.41) is 11.0. The second-order valence-electron chi connectivity index (χ2n) is 5.49. The Morgan fingerprint density at radius 2 is 1.96 bits per heavy atom. The zero-order valence-corrected chi connectivity index (χ0v) is 14.1. The quantitative estimate of drug-likeness (QED) is 0.606. The van der Waals surface area contributed by atoms with Gasteiger partial charge in [0.15, 0.2) is 0 Å². The minimum Gasteiger partial charge on any atom is -0.379 e. The van der Waals surface area contributed by atoms with Crippen molar-refractivity contribution >= 4 is 15.7 Å². The number of hydrogen-bond acceptors (Lipinski definition) is 6. The second-order valence-corrected chi connectivity index (χ2v) is 7.26. The van der Waals surface area contributed by atoms with Crippen LogP contribution in [0.1, 0.15) is 11.1 Å². The lowest BCUT2D eigenvalue weighted by atomic mass is 10.1. The number of aryl methyl sites for hydroxylation is 1. The van der Waals surface area contributed by atoms with Gasteiger partial charge in [0.2, 0.25) is 10.0 Å². The molecule has 0 atom stereocenters. The second kappa shape index (κ2) is 7.35. The molecule has 0 bridgehead atoms. The average molecular weight is 343 g/mol. The number of nitrogens with one attached hydrogen (secondary N) is 1. The summed E-state index contributed by atoms with van der Waals surface area (Å²) in [4.78, 5) is 12.5. The molecule has 0 radical (unpaired) electrons.